The molecule has 19 heavy (non-hydrogen) atoms. The van der Waals surface area contributed by atoms with Crippen LogP contribution in [0, 0.1) is 13.8 Å². The van der Waals surface area contributed by atoms with Crippen molar-refractivity contribution in [3.63, 3.8) is 0 Å². The predicted octanol–water partition coefficient (Wildman–Crippen LogP) is 4.20. The van der Waals surface area contributed by atoms with Gasteiger partial charge < -0.3 is 4.74 Å². The van der Waals surface area contributed by atoms with Crippen molar-refractivity contribution in [3.8, 4) is 5.75 Å². The fraction of sp³-hybridized carbons (Fsp3) is 0.214. The lowest BCUT2D eigenvalue weighted by Crippen LogP contribution is -2.05. The number of carbonyl (C=O) groups excluding carboxylic acids is 1. The minimum absolute atomic E-state index is 0.00884. The zero-order valence-corrected chi connectivity index (χ0v) is 11.3. The van der Waals surface area contributed by atoms with Gasteiger partial charge in [0.15, 0.2) is 5.78 Å². The fourth-order valence-electron chi connectivity index (χ4n) is 1.83. The average Bonchev–Trinajstić information content (AvgIpc) is 2.67. The smallest absolute Gasteiger partial charge is 0.387 e. The monoisotopic (exact) mass is 282 g/mol. The summed E-state index contributed by atoms with van der Waals surface area (Å²) in [7, 11) is 0. The molecule has 5 heteroatoms. The Morgan fingerprint density at radius 1 is 1.26 bits per heavy atom. The largest absolute Gasteiger partial charge is 0.435 e. The van der Waals surface area contributed by atoms with Crippen LogP contribution in [0.2, 0.25) is 0 Å². The van der Waals surface area contributed by atoms with Gasteiger partial charge in [-0.05, 0) is 32.0 Å². The topological polar surface area (TPSA) is 26.3 Å². The molecule has 0 radical (unpaired) electrons. The van der Waals surface area contributed by atoms with E-state index in [0.717, 1.165) is 9.75 Å². The van der Waals surface area contributed by atoms with Gasteiger partial charge in [0.2, 0.25) is 0 Å². The van der Waals surface area contributed by atoms with Gasteiger partial charge in [0, 0.05) is 20.9 Å². The van der Waals surface area contributed by atoms with Gasteiger partial charge in [0.1, 0.15) is 5.75 Å². The van der Waals surface area contributed by atoms with E-state index in [1.165, 1.54) is 29.5 Å². The maximum absolute atomic E-state index is 12.3. The van der Waals surface area contributed by atoms with Gasteiger partial charge in [-0.2, -0.15) is 8.78 Å². The lowest BCUT2D eigenvalue weighted by Gasteiger charge is -2.06. The number of hydrogen-bond donors (Lipinski definition) is 0. The van der Waals surface area contributed by atoms with Crippen LogP contribution in [0.25, 0.3) is 0 Å². The van der Waals surface area contributed by atoms with E-state index < -0.39 is 6.61 Å². The van der Waals surface area contributed by atoms with Crippen molar-refractivity contribution in [2.75, 3.05) is 0 Å². The van der Waals surface area contributed by atoms with Crippen molar-refractivity contribution in [1.82, 2.24) is 0 Å². The predicted molar refractivity (Wildman–Crippen MR) is 70.3 cm³/mol. The van der Waals surface area contributed by atoms with Crippen molar-refractivity contribution < 1.29 is 18.3 Å². The molecule has 2 aromatic rings. The van der Waals surface area contributed by atoms with E-state index in [0.29, 0.717) is 11.1 Å². The van der Waals surface area contributed by atoms with Crippen molar-refractivity contribution in [1.29, 1.82) is 0 Å². The zero-order valence-electron chi connectivity index (χ0n) is 10.4. The summed E-state index contributed by atoms with van der Waals surface area (Å²) in [6.45, 7) is 0.894. The molecule has 1 heterocycles. The molecule has 1 aromatic carbocycles. The van der Waals surface area contributed by atoms with Gasteiger partial charge in [-0.3, -0.25) is 4.79 Å². The zero-order chi connectivity index (χ0) is 14.0. The lowest BCUT2D eigenvalue weighted by atomic mass is 10.0. The molecule has 1 aromatic heterocycles. The molecule has 0 unspecified atom stereocenters. The fourth-order valence-corrected chi connectivity index (χ4v) is 2.75. The number of alkyl halides is 2. The Hall–Kier alpha value is -1.75. The molecule has 0 saturated carbocycles. The second-order valence-electron chi connectivity index (χ2n) is 4.06. The normalized spacial score (nSPS) is 10.8. The molecule has 0 spiro atoms. The number of ether oxygens (including phenoxy) is 1. The molecule has 100 valence electrons. The summed E-state index contributed by atoms with van der Waals surface area (Å²) in [6.07, 6.45) is 0. The summed E-state index contributed by atoms with van der Waals surface area (Å²) in [5, 5.41) is 0. The molecule has 0 aliphatic heterocycles. The highest BCUT2D eigenvalue weighted by atomic mass is 32.1. The van der Waals surface area contributed by atoms with Crippen LogP contribution in [0.3, 0.4) is 0 Å². The minimum atomic E-state index is -2.89. The summed E-state index contributed by atoms with van der Waals surface area (Å²) in [5.74, 6) is -0.188. The third kappa shape index (κ3) is 3.17. The van der Waals surface area contributed by atoms with Gasteiger partial charge in [-0.25, -0.2) is 0 Å². The van der Waals surface area contributed by atoms with E-state index in [1.807, 2.05) is 19.9 Å². The lowest BCUT2D eigenvalue weighted by molar-refractivity contribution is -0.0498. The van der Waals surface area contributed by atoms with E-state index >= 15 is 0 Å². The maximum atomic E-state index is 12.3. The van der Waals surface area contributed by atoms with Crippen molar-refractivity contribution in [2.45, 2.75) is 20.5 Å². The Morgan fingerprint density at radius 2 is 2.00 bits per heavy atom. The number of halogens is 2. The second-order valence-corrected chi connectivity index (χ2v) is 5.52. The molecular formula is C14H12F2O2S. The first kappa shape index (κ1) is 13.7. The van der Waals surface area contributed by atoms with Gasteiger partial charge in [0.05, 0.1) is 0 Å². The Balaban J connectivity index is 2.31. The first-order valence-electron chi connectivity index (χ1n) is 5.64. The SMILES string of the molecule is Cc1cc(C(=O)c2cccc(OC(F)F)c2)c(C)s1. The van der Waals surface area contributed by atoms with E-state index in [-0.39, 0.29) is 11.5 Å². The van der Waals surface area contributed by atoms with Crippen LogP contribution in [0.4, 0.5) is 8.78 Å². The number of rotatable bonds is 4. The molecule has 0 saturated heterocycles. The van der Waals surface area contributed by atoms with Crippen molar-refractivity contribution in [3.05, 3.63) is 51.2 Å². The third-order valence-corrected chi connectivity index (χ3v) is 3.57. The molecule has 2 nitrogen and oxygen atoms in total. The molecule has 0 aliphatic rings. The quantitative estimate of drug-likeness (QED) is 0.786. The highest BCUT2D eigenvalue weighted by Crippen LogP contribution is 2.25. The number of benzene rings is 1. The standard InChI is InChI=1S/C14H12F2O2S/c1-8-6-12(9(2)19-8)13(17)10-4-3-5-11(7-10)18-14(15)16/h3-7,14H,1-2H3. The van der Waals surface area contributed by atoms with Crippen LogP contribution in [0.1, 0.15) is 25.7 Å². The Bertz CT molecular complexity index is 605. The maximum Gasteiger partial charge on any atom is 0.387 e. The molecule has 0 amide bonds. The van der Waals surface area contributed by atoms with Crippen molar-refractivity contribution in [2.24, 2.45) is 0 Å². The molecule has 2 rings (SSSR count). The highest BCUT2D eigenvalue weighted by Gasteiger charge is 2.15. The van der Waals surface area contributed by atoms with Gasteiger partial charge in [-0.1, -0.05) is 12.1 Å². The van der Waals surface area contributed by atoms with Crippen molar-refractivity contribution >= 4 is 17.1 Å². The van der Waals surface area contributed by atoms with Crippen LogP contribution in [-0.2, 0) is 0 Å². The van der Waals surface area contributed by atoms with Crippen LogP contribution in [0.15, 0.2) is 30.3 Å². The van der Waals surface area contributed by atoms with Crippen LogP contribution < -0.4 is 4.74 Å². The number of ketones is 1. The minimum Gasteiger partial charge on any atom is -0.435 e. The summed E-state index contributed by atoms with van der Waals surface area (Å²) in [6, 6.07) is 7.66. The van der Waals surface area contributed by atoms with E-state index in [4.69, 9.17) is 0 Å². The highest BCUT2D eigenvalue weighted by molar-refractivity contribution is 7.12. The van der Waals surface area contributed by atoms with E-state index in [2.05, 4.69) is 4.74 Å². The Kier molecular flexibility index (Phi) is 3.95. The average molecular weight is 282 g/mol. The molecular weight excluding hydrogens is 270 g/mol. The van der Waals surface area contributed by atoms with E-state index in [9.17, 15) is 13.6 Å². The second kappa shape index (κ2) is 5.48. The van der Waals surface area contributed by atoms with Gasteiger partial charge in [-0.15, -0.1) is 11.3 Å². The first-order chi connectivity index (χ1) is 8.97. The van der Waals surface area contributed by atoms with Crippen LogP contribution in [-0.4, -0.2) is 12.4 Å². The summed E-state index contributed by atoms with van der Waals surface area (Å²) >= 11 is 1.53. The molecule has 0 atom stereocenters. The third-order valence-electron chi connectivity index (χ3n) is 2.61. The molecule has 0 fully saturated rings. The Labute approximate surface area is 113 Å². The number of hydrogen-bond acceptors (Lipinski definition) is 3. The number of carbonyl (C=O) groups is 1. The van der Waals surface area contributed by atoms with E-state index in [1.54, 1.807) is 6.07 Å². The van der Waals surface area contributed by atoms with Gasteiger partial charge in [0.25, 0.3) is 0 Å². The Morgan fingerprint density at radius 3 is 2.58 bits per heavy atom. The van der Waals surface area contributed by atoms with Crippen LogP contribution >= 0.6 is 11.3 Å². The summed E-state index contributed by atoms with van der Waals surface area (Å²) < 4.78 is 28.6. The van der Waals surface area contributed by atoms with Crippen LogP contribution in [0.5, 0.6) is 5.75 Å². The summed E-state index contributed by atoms with van der Waals surface area (Å²) in [4.78, 5) is 14.2. The first-order valence-corrected chi connectivity index (χ1v) is 6.45. The number of thiophene rings is 1. The number of aryl methyl sites for hydroxylation is 2. The van der Waals surface area contributed by atoms with Gasteiger partial charge >= 0.3 is 6.61 Å². The molecule has 0 N–H and O–H groups in total. The summed E-state index contributed by atoms with van der Waals surface area (Å²) in [5.41, 5.74) is 0.954. The molecule has 0 bridgehead atoms. The molecule has 0 aliphatic carbocycles.